The van der Waals surface area contributed by atoms with Gasteiger partial charge in [-0.05, 0) is 67.3 Å². The molecule has 7 aromatic rings. The molecule has 0 aliphatic heterocycles. The van der Waals surface area contributed by atoms with Gasteiger partial charge in [-0.1, -0.05) is 96.6 Å². The molecule has 2 nitrogen and oxygen atoms in total. The van der Waals surface area contributed by atoms with Crippen LogP contribution in [0.25, 0.3) is 11.1 Å². The molecule has 7 rings (SSSR count). The zero-order valence-electron chi connectivity index (χ0n) is 41.0. The van der Waals surface area contributed by atoms with Crippen LogP contribution in [-0.4, -0.2) is 11.9 Å². The van der Waals surface area contributed by atoms with Crippen molar-refractivity contribution < 1.29 is 115 Å². The lowest BCUT2D eigenvalue weighted by molar-refractivity contribution is -0.683. The molecule has 0 amide bonds. The number of hydrogen-bond acceptors (Lipinski definition) is 1. The number of aromatic nitrogens is 1. The van der Waals surface area contributed by atoms with Crippen molar-refractivity contribution in [2.45, 2.75) is 76.7 Å². The molecular weight excluding hydrogens is 1150 g/mol. The number of ketones is 1. The van der Waals surface area contributed by atoms with Gasteiger partial charge in [0.15, 0.2) is 12.4 Å². The Kier molecular flexibility index (Phi) is 16.9. The monoisotopic (exact) mass is 1180 g/mol. The smallest absolute Gasteiger partial charge is 0.287 e. The van der Waals surface area contributed by atoms with Gasteiger partial charge in [0, 0.05) is 17.7 Å². The largest absolute Gasteiger partial charge is 0.416 e. The molecule has 0 N–H and O–H groups in total. The molecule has 0 saturated carbocycles. The third-order valence-corrected chi connectivity index (χ3v) is 12.7. The summed E-state index contributed by atoms with van der Waals surface area (Å²) >= 11 is 0. The van der Waals surface area contributed by atoms with Gasteiger partial charge in [0.05, 0.1) is 44.5 Å². The fraction of sp³-hybridized carbons (Fsp3) is 0.222. The van der Waals surface area contributed by atoms with Gasteiger partial charge < -0.3 is 0 Å². The minimum Gasteiger partial charge on any atom is -0.287 e. The van der Waals surface area contributed by atoms with E-state index in [-0.39, 0.29) is 5.78 Å². The van der Waals surface area contributed by atoms with Gasteiger partial charge in [0.1, 0.15) is 6.15 Å². The zero-order valence-corrected chi connectivity index (χ0v) is 41.0. The first kappa shape index (κ1) is 62.7. The second kappa shape index (κ2) is 21.8. The lowest BCUT2D eigenvalue weighted by Gasteiger charge is -2.46. The molecule has 0 saturated heterocycles. The fourth-order valence-electron chi connectivity index (χ4n) is 9.32. The summed E-state index contributed by atoms with van der Waals surface area (Å²) < 4.78 is 343. The molecule has 432 valence electrons. The van der Waals surface area contributed by atoms with Crippen LogP contribution < -0.4 is 26.4 Å². The highest BCUT2D eigenvalue weighted by Gasteiger charge is 2.47. The molecular formula is C54H34BF24NO. The van der Waals surface area contributed by atoms with Gasteiger partial charge in [0.25, 0.3) is 0 Å². The summed E-state index contributed by atoms with van der Waals surface area (Å²) in [5.74, 6) is 0.121. The summed E-state index contributed by atoms with van der Waals surface area (Å²) in [6.45, 7) is 6.78. The molecule has 0 spiro atoms. The van der Waals surface area contributed by atoms with Gasteiger partial charge in [-0.2, -0.15) is 132 Å². The van der Waals surface area contributed by atoms with Crippen LogP contribution in [0.15, 0.2) is 140 Å². The number of aryl methyl sites for hydroxylation is 3. The van der Waals surface area contributed by atoms with Crippen molar-refractivity contribution >= 4 is 33.8 Å². The van der Waals surface area contributed by atoms with Crippen LogP contribution in [0.1, 0.15) is 71.6 Å². The fourth-order valence-corrected chi connectivity index (χ4v) is 9.32. The van der Waals surface area contributed by atoms with E-state index < -0.39 is 195 Å². The van der Waals surface area contributed by atoms with E-state index in [1.807, 2.05) is 47.3 Å². The van der Waals surface area contributed by atoms with E-state index in [9.17, 15) is 110 Å². The average Bonchev–Trinajstić information content (AvgIpc) is 3.32. The first-order valence-electron chi connectivity index (χ1n) is 22.8. The van der Waals surface area contributed by atoms with Crippen molar-refractivity contribution in [3.8, 4) is 11.1 Å². The first-order chi connectivity index (χ1) is 36.8. The average molecular weight is 1180 g/mol. The van der Waals surface area contributed by atoms with Crippen molar-refractivity contribution in [1.82, 2.24) is 0 Å². The van der Waals surface area contributed by atoms with Crippen molar-refractivity contribution in [2.75, 3.05) is 0 Å². The normalized spacial score (nSPS) is 13.2. The Morgan fingerprint density at radius 3 is 0.840 bits per heavy atom. The highest BCUT2D eigenvalue weighted by molar-refractivity contribution is 7.20. The van der Waals surface area contributed by atoms with Gasteiger partial charge >= 0.3 is 49.4 Å². The van der Waals surface area contributed by atoms with Crippen LogP contribution in [-0.2, 0) is 56.0 Å². The molecule has 0 fully saturated rings. The van der Waals surface area contributed by atoms with Crippen LogP contribution in [0.3, 0.4) is 0 Å². The van der Waals surface area contributed by atoms with E-state index in [0.717, 1.165) is 5.56 Å². The number of halogens is 24. The van der Waals surface area contributed by atoms with Crippen LogP contribution in [0, 0.1) is 20.8 Å². The van der Waals surface area contributed by atoms with Crippen LogP contribution >= 0.6 is 0 Å². The van der Waals surface area contributed by atoms with Crippen molar-refractivity contribution in [3.63, 3.8) is 0 Å². The summed E-state index contributed by atoms with van der Waals surface area (Å²) in [5.41, 5.74) is -23.1. The number of benzene rings is 6. The van der Waals surface area contributed by atoms with Crippen molar-refractivity contribution in [1.29, 1.82) is 0 Å². The number of carbonyl (C=O) groups excluding carboxylic acids is 1. The highest BCUT2D eigenvalue weighted by Crippen LogP contribution is 2.42. The Labute approximate surface area is 442 Å². The third kappa shape index (κ3) is 14.4. The van der Waals surface area contributed by atoms with Crippen LogP contribution in [0.2, 0.25) is 0 Å². The molecule has 27 heteroatoms. The van der Waals surface area contributed by atoms with Crippen LogP contribution in [0.4, 0.5) is 105 Å². The highest BCUT2D eigenvalue weighted by atomic mass is 19.4. The number of carbonyl (C=O) groups is 1. The first-order valence-corrected chi connectivity index (χ1v) is 22.8. The number of hydrogen-bond donors (Lipinski definition) is 0. The SMILES string of the molecule is Cc1cc(C)c(-c2cc[n+](CC(=O)c3ccccc3)cc2)c(C)c1.FC(F)(F)c1cc([B-](c2cc(C(F)(F)F)cc(C(F)(F)F)c2)(c2cc(C(F)(F)F)cc(C(F)(F)F)c2)c2cc(C(F)(F)F)cc(C(F)(F)F)c2)cc(C(F)(F)F)c1. The van der Waals surface area contributed by atoms with E-state index >= 15 is 0 Å². The second-order valence-corrected chi connectivity index (χ2v) is 18.5. The summed E-state index contributed by atoms with van der Waals surface area (Å²) in [4.78, 5) is 12.3. The summed E-state index contributed by atoms with van der Waals surface area (Å²) in [6.07, 6.45) is -50.8. The Morgan fingerprint density at radius 2 is 0.605 bits per heavy atom. The lowest BCUT2D eigenvalue weighted by Crippen LogP contribution is -2.75. The van der Waals surface area contributed by atoms with E-state index in [2.05, 4.69) is 45.0 Å². The van der Waals surface area contributed by atoms with Crippen molar-refractivity contribution in [3.05, 3.63) is 207 Å². The molecule has 81 heavy (non-hydrogen) atoms. The number of pyridine rings is 1. The van der Waals surface area contributed by atoms with Gasteiger partial charge in [-0.3, -0.25) is 4.79 Å². The number of rotatable bonds is 8. The Hall–Kier alpha value is -7.48. The van der Waals surface area contributed by atoms with E-state index in [1.165, 1.54) is 27.8 Å². The molecule has 0 aliphatic rings. The standard InChI is InChI=1S/C32H12BF24.C22H22NO/c34-25(35,36)13-1-14(26(37,38)39)6-21(5-13)33(22-7-15(27(40,41)42)2-16(8-22)28(43,44)45,23-9-17(29(46,47)48)3-18(10-23)30(49,50)51)24-11-19(31(52,53)54)4-20(12-24)32(55,56)57;1-16-13-17(2)22(18(3)14-16)20-9-11-23(12-10-20)15-21(24)19-7-5-4-6-8-19/h1-12H;4-14H,15H2,1-3H3/q-1;+1. The van der Waals surface area contributed by atoms with E-state index in [1.54, 1.807) is 0 Å². The molecule has 1 heterocycles. The Balaban J connectivity index is 0.000000363. The number of Topliss-reactive ketones (excluding diaryl/α,β-unsaturated/α-hetero) is 1. The lowest BCUT2D eigenvalue weighted by atomic mass is 9.12. The second-order valence-electron chi connectivity index (χ2n) is 18.5. The maximum atomic E-state index is 14.2. The number of nitrogens with zero attached hydrogens (tertiary/aromatic N) is 1. The molecule has 0 radical (unpaired) electrons. The maximum absolute atomic E-state index is 14.2. The van der Waals surface area contributed by atoms with Gasteiger partial charge in [0.2, 0.25) is 12.3 Å². The summed E-state index contributed by atoms with van der Waals surface area (Å²) in [7, 11) is 0. The van der Waals surface area contributed by atoms with Gasteiger partial charge in [-0.25, -0.2) is 0 Å². The van der Waals surface area contributed by atoms with Crippen LogP contribution in [0.5, 0.6) is 0 Å². The van der Waals surface area contributed by atoms with Crippen molar-refractivity contribution in [2.24, 2.45) is 0 Å². The third-order valence-electron chi connectivity index (χ3n) is 12.7. The minimum atomic E-state index is -6.13. The van der Waals surface area contributed by atoms with E-state index in [4.69, 9.17) is 0 Å². The Bertz CT molecular complexity index is 2970. The molecule has 6 aromatic carbocycles. The predicted octanol–water partition coefficient (Wildman–Crippen LogP) is 15.7. The molecule has 0 atom stereocenters. The van der Waals surface area contributed by atoms with E-state index in [0.29, 0.717) is 6.54 Å². The topological polar surface area (TPSA) is 20.9 Å². The molecule has 0 unspecified atom stereocenters. The predicted molar refractivity (Wildman–Crippen MR) is 247 cm³/mol. The molecule has 0 bridgehead atoms. The summed E-state index contributed by atoms with van der Waals surface area (Å²) in [5, 5.41) is 0. The molecule has 1 aromatic heterocycles. The number of alkyl halides is 24. The Morgan fingerprint density at radius 1 is 0.358 bits per heavy atom. The maximum Gasteiger partial charge on any atom is 0.416 e. The molecule has 0 aliphatic carbocycles. The summed E-state index contributed by atoms with van der Waals surface area (Å²) in [6, 6.07) is 9.21. The van der Waals surface area contributed by atoms with Gasteiger partial charge in [-0.15, -0.1) is 0 Å². The minimum absolute atomic E-state index is 0.121. The zero-order chi connectivity index (χ0) is 61.0. The quantitative estimate of drug-likeness (QED) is 0.0643.